The molecule has 1 N–H and O–H groups in total. The molecular formula is C24H19N3O. The number of carbonyl (C=O) groups is 1. The van der Waals surface area contributed by atoms with Crippen LogP contribution in [0.4, 0.5) is 0 Å². The van der Waals surface area contributed by atoms with E-state index in [1.165, 1.54) is 0 Å². The van der Waals surface area contributed by atoms with Crippen molar-refractivity contribution < 1.29 is 4.79 Å². The molecule has 3 aromatic carbocycles. The lowest BCUT2D eigenvalue weighted by atomic mass is 10.1. The molecule has 4 aromatic rings. The Morgan fingerprint density at radius 1 is 0.893 bits per heavy atom. The Bertz CT molecular complexity index is 1170. The van der Waals surface area contributed by atoms with E-state index in [2.05, 4.69) is 11.4 Å². The molecule has 28 heavy (non-hydrogen) atoms. The predicted molar refractivity (Wildman–Crippen MR) is 110 cm³/mol. The quantitative estimate of drug-likeness (QED) is 0.566. The number of aromatic nitrogens is 1. The second-order valence-corrected chi connectivity index (χ2v) is 6.65. The number of hydrogen-bond acceptors (Lipinski definition) is 2. The summed E-state index contributed by atoms with van der Waals surface area (Å²) in [4.78, 5) is 12.9. The van der Waals surface area contributed by atoms with Gasteiger partial charge in [0, 0.05) is 24.0 Å². The molecule has 4 heteroatoms. The lowest BCUT2D eigenvalue weighted by Gasteiger charge is -2.12. The summed E-state index contributed by atoms with van der Waals surface area (Å²) >= 11 is 0. The topological polar surface area (TPSA) is 57.8 Å². The van der Waals surface area contributed by atoms with E-state index in [9.17, 15) is 4.79 Å². The Hall–Kier alpha value is -3.84. The minimum absolute atomic E-state index is 0.114. The van der Waals surface area contributed by atoms with Gasteiger partial charge >= 0.3 is 0 Å². The normalized spacial score (nSPS) is 10.5. The number of nitriles is 1. The third-order valence-electron chi connectivity index (χ3n) is 4.74. The van der Waals surface area contributed by atoms with Gasteiger partial charge in [0.05, 0.1) is 11.6 Å². The maximum absolute atomic E-state index is 12.9. The largest absolute Gasteiger partial charge is 0.347 e. The third kappa shape index (κ3) is 3.65. The molecule has 0 fully saturated rings. The smallest absolute Gasteiger partial charge is 0.268 e. The lowest BCUT2D eigenvalue weighted by Crippen LogP contribution is -2.25. The molecule has 1 heterocycles. The van der Waals surface area contributed by atoms with Gasteiger partial charge in [0.2, 0.25) is 0 Å². The summed E-state index contributed by atoms with van der Waals surface area (Å²) < 4.78 is 2.01. The fraction of sp³-hybridized carbons (Fsp3) is 0.0833. The van der Waals surface area contributed by atoms with Gasteiger partial charge in [-0.3, -0.25) is 4.79 Å². The summed E-state index contributed by atoms with van der Waals surface area (Å²) in [6.45, 7) is 1.00. The van der Waals surface area contributed by atoms with Crippen LogP contribution in [0, 0.1) is 11.3 Å². The van der Waals surface area contributed by atoms with Gasteiger partial charge in [0.15, 0.2) is 0 Å². The van der Waals surface area contributed by atoms with Gasteiger partial charge in [-0.2, -0.15) is 5.26 Å². The number of nitrogens with one attached hydrogen (secondary N) is 1. The molecule has 0 bridgehead atoms. The Balaban J connectivity index is 1.66. The number of benzene rings is 3. The SMILES string of the molecule is N#Cc1cccc(Cn2c(C(=O)NCc3ccccc3)cc3ccccc32)c1. The number of nitrogens with zero attached hydrogens (tertiary/aromatic N) is 2. The van der Waals surface area contributed by atoms with Crippen LogP contribution < -0.4 is 5.32 Å². The monoisotopic (exact) mass is 365 g/mol. The molecule has 136 valence electrons. The van der Waals surface area contributed by atoms with Crippen molar-refractivity contribution in [3.05, 3.63) is 107 Å². The van der Waals surface area contributed by atoms with Crippen LogP contribution in [0.1, 0.15) is 27.2 Å². The van der Waals surface area contributed by atoms with Gasteiger partial charge in [0.25, 0.3) is 5.91 Å². The highest BCUT2D eigenvalue weighted by molar-refractivity contribution is 5.98. The highest BCUT2D eigenvalue weighted by atomic mass is 16.1. The molecule has 0 aliphatic heterocycles. The predicted octanol–water partition coefficient (Wildman–Crippen LogP) is 4.49. The first kappa shape index (κ1) is 17.6. The zero-order valence-electron chi connectivity index (χ0n) is 15.3. The molecule has 0 aliphatic rings. The summed E-state index contributed by atoms with van der Waals surface area (Å²) in [6.07, 6.45) is 0. The summed E-state index contributed by atoms with van der Waals surface area (Å²) in [7, 11) is 0. The molecule has 4 rings (SSSR count). The number of amides is 1. The summed E-state index contributed by atoms with van der Waals surface area (Å²) in [6, 6.07) is 29.4. The lowest BCUT2D eigenvalue weighted by molar-refractivity contribution is 0.0942. The second kappa shape index (κ2) is 7.81. The fourth-order valence-electron chi connectivity index (χ4n) is 3.36. The van der Waals surface area contributed by atoms with E-state index in [0.29, 0.717) is 24.3 Å². The van der Waals surface area contributed by atoms with Crippen molar-refractivity contribution in [1.29, 1.82) is 5.26 Å². The molecule has 0 saturated carbocycles. The average molecular weight is 365 g/mol. The van der Waals surface area contributed by atoms with Gasteiger partial charge in [-0.05, 0) is 35.4 Å². The third-order valence-corrected chi connectivity index (χ3v) is 4.74. The average Bonchev–Trinajstić information content (AvgIpc) is 3.11. The van der Waals surface area contributed by atoms with Crippen molar-refractivity contribution >= 4 is 16.8 Å². The van der Waals surface area contributed by atoms with E-state index in [1.807, 2.05) is 83.4 Å². The number of fused-ring (bicyclic) bond motifs is 1. The van der Waals surface area contributed by atoms with E-state index >= 15 is 0 Å². The second-order valence-electron chi connectivity index (χ2n) is 6.65. The van der Waals surface area contributed by atoms with Gasteiger partial charge in [-0.1, -0.05) is 60.7 Å². The van der Waals surface area contributed by atoms with Crippen LogP contribution in [0.2, 0.25) is 0 Å². The molecule has 0 spiro atoms. The highest BCUT2D eigenvalue weighted by Gasteiger charge is 2.15. The van der Waals surface area contributed by atoms with Gasteiger partial charge in [-0.25, -0.2) is 0 Å². The molecule has 0 aliphatic carbocycles. The van der Waals surface area contributed by atoms with E-state index in [0.717, 1.165) is 22.0 Å². The minimum atomic E-state index is -0.114. The van der Waals surface area contributed by atoms with Gasteiger partial charge in [-0.15, -0.1) is 0 Å². The van der Waals surface area contributed by atoms with Crippen LogP contribution in [0.15, 0.2) is 84.9 Å². The summed E-state index contributed by atoms with van der Waals surface area (Å²) in [5.41, 5.74) is 4.26. The van der Waals surface area contributed by atoms with Crippen molar-refractivity contribution in [2.24, 2.45) is 0 Å². The van der Waals surface area contributed by atoms with Crippen molar-refractivity contribution in [1.82, 2.24) is 9.88 Å². The number of hydrogen-bond donors (Lipinski definition) is 1. The van der Waals surface area contributed by atoms with Crippen molar-refractivity contribution in [3.63, 3.8) is 0 Å². The molecule has 4 nitrogen and oxygen atoms in total. The number of carbonyl (C=O) groups excluding carboxylic acids is 1. The maximum Gasteiger partial charge on any atom is 0.268 e. The molecular weight excluding hydrogens is 346 g/mol. The first-order chi connectivity index (χ1) is 13.7. The minimum Gasteiger partial charge on any atom is -0.347 e. The van der Waals surface area contributed by atoms with E-state index in [1.54, 1.807) is 6.07 Å². The summed E-state index contributed by atoms with van der Waals surface area (Å²) in [5, 5.41) is 13.2. The standard InChI is InChI=1S/C24H19N3O/c25-15-19-9-6-10-20(13-19)17-27-22-12-5-4-11-21(22)14-23(27)24(28)26-16-18-7-2-1-3-8-18/h1-14H,16-17H2,(H,26,28). The number of para-hydroxylation sites is 1. The molecule has 0 saturated heterocycles. The highest BCUT2D eigenvalue weighted by Crippen LogP contribution is 2.22. The van der Waals surface area contributed by atoms with Crippen molar-refractivity contribution in [2.75, 3.05) is 0 Å². The van der Waals surface area contributed by atoms with Crippen LogP contribution in [0.3, 0.4) is 0 Å². The molecule has 1 amide bonds. The van der Waals surface area contributed by atoms with E-state index in [4.69, 9.17) is 5.26 Å². The van der Waals surface area contributed by atoms with Crippen LogP contribution in [-0.4, -0.2) is 10.5 Å². The summed E-state index contributed by atoms with van der Waals surface area (Å²) in [5.74, 6) is -0.114. The van der Waals surface area contributed by atoms with Gasteiger partial charge in [0.1, 0.15) is 5.69 Å². The Kier molecular flexibility index (Phi) is 4.90. The Morgan fingerprint density at radius 3 is 2.46 bits per heavy atom. The molecule has 0 unspecified atom stereocenters. The van der Waals surface area contributed by atoms with E-state index < -0.39 is 0 Å². The first-order valence-corrected chi connectivity index (χ1v) is 9.14. The van der Waals surface area contributed by atoms with Crippen LogP contribution in [0.25, 0.3) is 10.9 Å². The van der Waals surface area contributed by atoms with Crippen LogP contribution >= 0.6 is 0 Å². The van der Waals surface area contributed by atoms with Crippen LogP contribution in [0.5, 0.6) is 0 Å². The zero-order valence-corrected chi connectivity index (χ0v) is 15.3. The van der Waals surface area contributed by atoms with Crippen molar-refractivity contribution in [2.45, 2.75) is 13.1 Å². The van der Waals surface area contributed by atoms with Crippen LogP contribution in [-0.2, 0) is 13.1 Å². The van der Waals surface area contributed by atoms with Crippen molar-refractivity contribution in [3.8, 4) is 6.07 Å². The Labute approximate surface area is 163 Å². The van der Waals surface area contributed by atoms with Gasteiger partial charge < -0.3 is 9.88 Å². The molecule has 0 radical (unpaired) electrons. The zero-order chi connectivity index (χ0) is 19.3. The first-order valence-electron chi connectivity index (χ1n) is 9.14. The molecule has 0 atom stereocenters. The fourth-order valence-corrected chi connectivity index (χ4v) is 3.36. The van der Waals surface area contributed by atoms with E-state index in [-0.39, 0.29) is 5.91 Å². The maximum atomic E-state index is 12.9. The number of rotatable bonds is 5. The molecule has 1 aromatic heterocycles. The Morgan fingerprint density at radius 2 is 1.64 bits per heavy atom.